The largest absolute Gasteiger partial charge is 0.303 e. The average molecular weight is 286 g/mol. The molecule has 4 nitrogen and oxygen atoms in total. The molecule has 2 aliphatic rings. The van der Waals surface area contributed by atoms with Crippen LogP contribution in [0.15, 0.2) is 24.3 Å². The van der Waals surface area contributed by atoms with Gasteiger partial charge in [-0.3, -0.25) is 14.5 Å². The Balaban J connectivity index is 1.54. The van der Waals surface area contributed by atoms with E-state index in [1.54, 1.807) is 12.1 Å². The molecule has 0 aliphatic carbocycles. The molecule has 3 rings (SSSR count). The molecule has 21 heavy (non-hydrogen) atoms. The maximum atomic E-state index is 12.2. The predicted molar refractivity (Wildman–Crippen MR) is 81.3 cm³/mol. The molecule has 0 bridgehead atoms. The first-order chi connectivity index (χ1) is 10.3. The van der Waals surface area contributed by atoms with Crippen molar-refractivity contribution >= 4 is 11.8 Å². The summed E-state index contributed by atoms with van der Waals surface area (Å²) in [5.41, 5.74) is 1.11. The smallest absolute Gasteiger partial charge is 0.261 e. The number of rotatable bonds is 4. The van der Waals surface area contributed by atoms with Gasteiger partial charge >= 0.3 is 0 Å². The number of carbonyl (C=O) groups is 2. The van der Waals surface area contributed by atoms with Crippen LogP contribution in [0.2, 0.25) is 0 Å². The molecule has 0 N–H and O–H groups in total. The SMILES string of the molecule is O=C1c2ccccc2C(=O)N1CCCN1CCCCCC1. The molecule has 4 heteroatoms. The highest BCUT2D eigenvalue weighted by atomic mass is 16.2. The molecule has 112 valence electrons. The summed E-state index contributed by atoms with van der Waals surface area (Å²) in [5.74, 6) is -0.266. The normalized spacial score (nSPS) is 19.7. The van der Waals surface area contributed by atoms with Crippen molar-refractivity contribution in [1.82, 2.24) is 9.80 Å². The van der Waals surface area contributed by atoms with Crippen molar-refractivity contribution in [2.75, 3.05) is 26.2 Å². The van der Waals surface area contributed by atoms with Gasteiger partial charge in [0.1, 0.15) is 0 Å². The molecule has 0 radical (unpaired) electrons. The molecule has 1 aromatic rings. The number of hydrogen-bond donors (Lipinski definition) is 0. The van der Waals surface area contributed by atoms with Gasteiger partial charge in [0.2, 0.25) is 0 Å². The zero-order chi connectivity index (χ0) is 14.7. The van der Waals surface area contributed by atoms with Gasteiger partial charge in [0.25, 0.3) is 11.8 Å². The maximum Gasteiger partial charge on any atom is 0.261 e. The van der Waals surface area contributed by atoms with E-state index in [0.717, 1.165) is 26.1 Å². The van der Waals surface area contributed by atoms with E-state index in [0.29, 0.717) is 17.7 Å². The van der Waals surface area contributed by atoms with Gasteiger partial charge in [-0.15, -0.1) is 0 Å². The number of fused-ring (bicyclic) bond motifs is 1. The van der Waals surface area contributed by atoms with Crippen LogP contribution in [0.25, 0.3) is 0 Å². The molecule has 0 aromatic heterocycles. The van der Waals surface area contributed by atoms with E-state index in [-0.39, 0.29) is 11.8 Å². The van der Waals surface area contributed by atoms with Crippen molar-refractivity contribution in [3.05, 3.63) is 35.4 Å². The monoisotopic (exact) mass is 286 g/mol. The third kappa shape index (κ3) is 3.00. The van der Waals surface area contributed by atoms with E-state index in [9.17, 15) is 9.59 Å². The van der Waals surface area contributed by atoms with Crippen LogP contribution >= 0.6 is 0 Å². The van der Waals surface area contributed by atoms with E-state index < -0.39 is 0 Å². The number of carbonyl (C=O) groups excluding carboxylic acids is 2. The number of amides is 2. The van der Waals surface area contributed by atoms with Gasteiger partial charge in [0.05, 0.1) is 11.1 Å². The van der Waals surface area contributed by atoms with Crippen LogP contribution in [-0.4, -0.2) is 47.8 Å². The first kappa shape index (κ1) is 14.3. The van der Waals surface area contributed by atoms with Gasteiger partial charge in [-0.25, -0.2) is 0 Å². The van der Waals surface area contributed by atoms with Crippen molar-refractivity contribution in [2.24, 2.45) is 0 Å². The van der Waals surface area contributed by atoms with E-state index in [4.69, 9.17) is 0 Å². The number of nitrogens with zero attached hydrogens (tertiary/aromatic N) is 2. The highest BCUT2D eigenvalue weighted by molar-refractivity contribution is 6.21. The van der Waals surface area contributed by atoms with Crippen LogP contribution in [0.1, 0.15) is 52.8 Å². The Kier molecular flexibility index (Phi) is 4.34. The topological polar surface area (TPSA) is 40.6 Å². The Hall–Kier alpha value is -1.68. The van der Waals surface area contributed by atoms with Gasteiger partial charge in [-0.1, -0.05) is 25.0 Å². The lowest BCUT2D eigenvalue weighted by atomic mass is 10.1. The lowest BCUT2D eigenvalue weighted by Gasteiger charge is -2.21. The lowest BCUT2D eigenvalue weighted by molar-refractivity contribution is 0.0647. The van der Waals surface area contributed by atoms with E-state index >= 15 is 0 Å². The Morgan fingerprint density at radius 2 is 1.38 bits per heavy atom. The molecular weight excluding hydrogens is 264 g/mol. The Labute approximate surface area is 125 Å². The third-order valence-electron chi connectivity index (χ3n) is 4.43. The molecule has 2 aliphatic heterocycles. The average Bonchev–Trinajstić information content (AvgIpc) is 2.70. The van der Waals surface area contributed by atoms with Crippen LogP contribution in [0.3, 0.4) is 0 Å². The number of imide groups is 1. The van der Waals surface area contributed by atoms with Gasteiger partial charge in [0, 0.05) is 6.54 Å². The Morgan fingerprint density at radius 1 is 0.810 bits per heavy atom. The summed E-state index contributed by atoms with van der Waals surface area (Å²) < 4.78 is 0. The minimum atomic E-state index is -0.133. The first-order valence-corrected chi connectivity index (χ1v) is 7.95. The van der Waals surface area contributed by atoms with Crippen LogP contribution in [0.4, 0.5) is 0 Å². The van der Waals surface area contributed by atoms with E-state index in [1.165, 1.54) is 30.6 Å². The summed E-state index contributed by atoms with van der Waals surface area (Å²) in [6.45, 7) is 3.82. The fourth-order valence-electron chi connectivity index (χ4n) is 3.25. The van der Waals surface area contributed by atoms with Gasteiger partial charge in [-0.05, 0) is 51.0 Å². The van der Waals surface area contributed by atoms with Gasteiger partial charge in [-0.2, -0.15) is 0 Å². The van der Waals surface area contributed by atoms with Crippen LogP contribution in [0.5, 0.6) is 0 Å². The second-order valence-electron chi connectivity index (χ2n) is 5.92. The summed E-state index contributed by atoms with van der Waals surface area (Å²) in [6, 6.07) is 7.10. The summed E-state index contributed by atoms with van der Waals surface area (Å²) in [5, 5.41) is 0. The molecule has 1 saturated heterocycles. The van der Waals surface area contributed by atoms with Crippen molar-refractivity contribution in [3.63, 3.8) is 0 Å². The minimum absolute atomic E-state index is 0.133. The molecule has 0 saturated carbocycles. The van der Waals surface area contributed by atoms with Crippen molar-refractivity contribution in [2.45, 2.75) is 32.1 Å². The van der Waals surface area contributed by atoms with Gasteiger partial charge in [0.15, 0.2) is 0 Å². The second-order valence-corrected chi connectivity index (χ2v) is 5.92. The van der Waals surface area contributed by atoms with Gasteiger partial charge < -0.3 is 4.90 Å². The first-order valence-electron chi connectivity index (χ1n) is 7.95. The number of hydrogen-bond acceptors (Lipinski definition) is 3. The van der Waals surface area contributed by atoms with Crippen molar-refractivity contribution in [1.29, 1.82) is 0 Å². The quantitative estimate of drug-likeness (QED) is 0.799. The highest BCUT2D eigenvalue weighted by Crippen LogP contribution is 2.22. The summed E-state index contributed by atoms with van der Waals surface area (Å²) in [7, 11) is 0. The van der Waals surface area contributed by atoms with Crippen LogP contribution in [0, 0.1) is 0 Å². The van der Waals surface area contributed by atoms with Crippen LogP contribution in [-0.2, 0) is 0 Å². The van der Waals surface area contributed by atoms with Crippen molar-refractivity contribution < 1.29 is 9.59 Å². The van der Waals surface area contributed by atoms with Crippen molar-refractivity contribution in [3.8, 4) is 0 Å². The summed E-state index contributed by atoms with van der Waals surface area (Å²) in [6.07, 6.45) is 6.06. The predicted octanol–water partition coefficient (Wildman–Crippen LogP) is 2.55. The summed E-state index contributed by atoms with van der Waals surface area (Å²) >= 11 is 0. The molecule has 2 heterocycles. The molecule has 2 amide bonds. The highest BCUT2D eigenvalue weighted by Gasteiger charge is 2.34. The van der Waals surface area contributed by atoms with Crippen LogP contribution < -0.4 is 0 Å². The third-order valence-corrected chi connectivity index (χ3v) is 4.43. The molecule has 0 unspecified atom stereocenters. The molecule has 0 spiro atoms. The lowest BCUT2D eigenvalue weighted by Crippen LogP contribution is -2.34. The summed E-state index contributed by atoms with van der Waals surface area (Å²) in [4.78, 5) is 28.3. The zero-order valence-electron chi connectivity index (χ0n) is 12.4. The molecule has 1 fully saturated rings. The van der Waals surface area contributed by atoms with E-state index in [1.807, 2.05) is 12.1 Å². The fourth-order valence-corrected chi connectivity index (χ4v) is 3.25. The molecule has 1 aromatic carbocycles. The Morgan fingerprint density at radius 3 is 1.95 bits per heavy atom. The second kappa shape index (κ2) is 6.39. The fraction of sp³-hybridized carbons (Fsp3) is 0.529. The standard InChI is InChI=1S/C17H22N2O2/c20-16-14-8-3-4-9-15(14)17(21)19(16)13-7-12-18-10-5-1-2-6-11-18/h3-4,8-9H,1-2,5-7,10-13H2. The number of benzene rings is 1. The maximum absolute atomic E-state index is 12.2. The zero-order valence-corrected chi connectivity index (χ0v) is 12.4. The molecule has 0 atom stereocenters. The number of likely N-dealkylation sites (tertiary alicyclic amines) is 1. The Bertz CT molecular complexity index is 498. The molecular formula is C17H22N2O2. The van der Waals surface area contributed by atoms with E-state index in [2.05, 4.69) is 4.90 Å². The minimum Gasteiger partial charge on any atom is -0.303 e.